The van der Waals surface area contributed by atoms with Gasteiger partial charge in [-0.05, 0) is 48.2 Å². The van der Waals surface area contributed by atoms with E-state index in [0.717, 1.165) is 22.5 Å². The quantitative estimate of drug-likeness (QED) is 0.234. The number of carbonyl (C=O) groups excluding carboxylic acids is 4. The van der Waals surface area contributed by atoms with Gasteiger partial charge in [-0.1, -0.05) is 24.3 Å². The molecule has 2 aliphatic heterocycles. The van der Waals surface area contributed by atoms with Crippen molar-refractivity contribution in [2.45, 2.75) is 25.7 Å². The zero-order valence-corrected chi connectivity index (χ0v) is 24.2. The Labute approximate surface area is 254 Å². The lowest BCUT2D eigenvalue weighted by Gasteiger charge is -2.16. The van der Waals surface area contributed by atoms with E-state index in [1.807, 2.05) is 48.5 Å². The van der Waals surface area contributed by atoms with Gasteiger partial charge < -0.3 is 30.4 Å². The number of nitrogens with zero attached hydrogens (tertiary/aromatic N) is 4. The lowest BCUT2D eigenvalue weighted by Crippen LogP contribution is -2.32. The molecule has 44 heavy (non-hydrogen) atoms. The molecule has 226 valence electrons. The number of likely N-dealkylation sites (tertiary alicyclic amines) is 2. The highest BCUT2D eigenvalue weighted by molar-refractivity contribution is 5.95. The van der Waals surface area contributed by atoms with Crippen LogP contribution in [0.3, 0.4) is 0 Å². The number of imidazole rings is 2. The Hall–Kier alpha value is -5.26. The van der Waals surface area contributed by atoms with Crippen LogP contribution in [0.1, 0.15) is 24.2 Å². The van der Waals surface area contributed by atoms with Crippen molar-refractivity contribution in [3.8, 4) is 11.1 Å². The van der Waals surface area contributed by atoms with Crippen LogP contribution in [0.15, 0.2) is 73.6 Å². The molecule has 4 N–H and O–H groups in total. The first kappa shape index (κ1) is 28.8. The molecule has 2 aromatic heterocycles. The number of amides is 4. The number of nitrogens with one attached hydrogen (secondary N) is 4. The molecule has 0 saturated carbocycles. The summed E-state index contributed by atoms with van der Waals surface area (Å²) in [6.07, 6.45) is 8.12. The average Bonchev–Trinajstić information content (AvgIpc) is 3.86. The number of carbonyl (C=O) groups is 4. The molecule has 0 bridgehead atoms. The van der Waals surface area contributed by atoms with E-state index in [0.29, 0.717) is 50.4 Å². The normalized spacial score (nSPS) is 17.9. The van der Waals surface area contributed by atoms with Gasteiger partial charge in [0, 0.05) is 61.3 Å². The average molecular weight is 595 g/mol. The molecule has 4 amide bonds. The molecule has 0 spiro atoms. The summed E-state index contributed by atoms with van der Waals surface area (Å²) in [5.41, 5.74) is 4.85. The summed E-state index contributed by atoms with van der Waals surface area (Å²) in [6, 6.07) is 15.2. The van der Waals surface area contributed by atoms with Crippen LogP contribution in [-0.2, 0) is 32.0 Å². The molecule has 0 unspecified atom stereocenters. The highest BCUT2D eigenvalue weighted by atomic mass is 16.2. The van der Waals surface area contributed by atoms with E-state index in [1.54, 1.807) is 34.8 Å². The molecule has 6 rings (SSSR count). The predicted octanol–water partition coefficient (Wildman–Crippen LogP) is 2.86. The van der Waals surface area contributed by atoms with Crippen LogP contribution in [0.5, 0.6) is 0 Å². The molecule has 12 heteroatoms. The summed E-state index contributed by atoms with van der Waals surface area (Å²) in [4.78, 5) is 68.0. The van der Waals surface area contributed by atoms with Crippen LogP contribution in [0.2, 0.25) is 0 Å². The van der Waals surface area contributed by atoms with E-state index in [2.05, 4.69) is 30.6 Å². The van der Waals surface area contributed by atoms with Crippen molar-refractivity contribution in [2.24, 2.45) is 11.8 Å². The minimum atomic E-state index is -0.252. The van der Waals surface area contributed by atoms with Gasteiger partial charge in [-0.15, -0.1) is 0 Å². The number of hydrogen-bond acceptors (Lipinski definition) is 6. The SMILES string of the molecule is O=C(Nc1ccc(-c2ccc(NC(=O)[C@H]3CCN(C(=O)Cc4cnc[nH]4)C3)cc2)cc1)[C@@H]1CCN(C(=O)Cc2cnc[nH]2)C1. The maximum Gasteiger partial charge on any atom is 0.229 e. The second-order valence-electron chi connectivity index (χ2n) is 11.3. The van der Waals surface area contributed by atoms with E-state index in [1.165, 1.54) is 0 Å². The van der Waals surface area contributed by atoms with E-state index in [4.69, 9.17) is 0 Å². The molecule has 12 nitrogen and oxygen atoms in total. The van der Waals surface area contributed by atoms with Gasteiger partial charge in [0.15, 0.2) is 0 Å². The monoisotopic (exact) mass is 594 g/mol. The third-order valence-corrected chi connectivity index (χ3v) is 8.25. The Balaban J connectivity index is 0.963. The number of rotatable bonds is 9. The molecule has 2 aliphatic rings. The topological polar surface area (TPSA) is 156 Å². The van der Waals surface area contributed by atoms with Gasteiger partial charge >= 0.3 is 0 Å². The maximum atomic E-state index is 12.9. The highest BCUT2D eigenvalue weighted by Gasteiger charge is 2.32. The Kier molecular flexibility index (Phi) is 8.48. The second kappa shape index (κ2) is 12.9. The lowest BCUT2D eigenvalue weighted by molar-refractivity contribution is -0.131. The molecule has 0 radical (unpaired) electrons. The van der Waals surface area contributed by atoms with Crippen LogP contribution >= 0.6 is 0 Å². The fourth-order valence-electron chi connectivity index (χ4n) is 5.69. The lowest BCUT2D eigenvalue weighted by atomic mass is 10.0. The molecule has 2 fully saturated rings. The first-order chi connectivity index (χ1) is 21.4. The van der Waals surface area contributed by atoms with Crippen LogP contribution in [0.25, 0.3) is 11.1 Å². The van der Waals surface area contributed by atoms with Gasteiger partial charge in [-0.3, -0.25) is 19.2 Å². The molecule has 2 aromatic carbocycles. The first-order valence-corrected chi connectivity index (χ1v) is 14.7. The minimum Gasteiger partial charge on any atom is -0.348 e. The minimum absolute atomic E-state index is 0.0154. The molecular weight excluding hydrogens is 560 g/mol. The number of H-pyrrole nitrogens is 2. The predicted molar refractivity (Wildman–Crippen MR) is 163 cm³/mol. The Morgan fingerprint density at radius 3 is 1.43 bits per heavy atom. The van der Waals surface area contributed by atoms with Crippen molar-refractivity contribution >= 4 is 35.0 Å². The molecule has 4 aromatic rings. The van der Waals surface area contributed by atoms with Crippen molar-refractivity contribution in [3.05, 3.63) is 85.0 Å². The van der Waals surface area contributed by atoms with Gasteiger partial charge in [0.25, 0.3) is 0 Å². The maximum absolute atomic E-state index is 12.9. The largest absolute Gasteiger partial charge is 0.348 e. The van der Waals surface area contributed by atoms with E-state index < -0.39 is 0 Å². The first-order valence-electron chi connectivity index (χ1n) is 14.7. The van der Waals surface area contributed by atoms with Crippen molar-refractivity contribution < 1.29 is 19.2 Å². The van der Waals surface area contributed by atoms with E-state index >= 15 is 0 Å². The van der Waals surface area contributed by atoms with Crippen molar-refractivity contribution in [1.82, 2.24) is 29.7 Å². The number of aromatic nitrogens is 4. The Morgan fingerprint density at radius 1 is 0.659 bits per heavy atom. The summed E-state index contributed by atoms with van der Waals surface area (Å²) in [5, 5.41) is 5.95. The molecule has 0 aliphatic carbocycles. The summed E-state index contributed by atoms with van der Waals surface area (Å²) in [7, 11) is 0. The standard InChI is InChI=1S/C32H34N8O4/c41-29(13-27-15-33-19-35-27)39-11-9-23(17-39)31(43)37-25-5-1-21(2-6-25)22-3-7-26(8-4-22)38-32(44)24-10-12-40(18-24)30(42)14-28-16-34-20-36-28/h1-8,15-16,19-20,23-24H,9-14,17-18H2,(H,33,35)(H,34,36)(H,37,43)(H,38,44)/t23-,24+. The fourth-order valence-corrected chi connectivity index (χ4v) is 5.69. The summed E-state index contributed by atoms with van der Waals surface area (Å²) >= 11 is 0. The van der Waals surface area contributed by atoms with Gasteiger partial charge in [-0.2, -0.15) is 0 Å². The van der Waals surface area contributed by atoms with Crippen LogP contribution < -0.4 is 10.6 Å². The number of benzene rings is 2. The Bertz CT molecular complexity index is 1480. The van der Waals surface area contributed by atoms with Gasteiger partial charge in [0.1, 0.15) is 0 Å². The molecule has 2 saturated heterocycles. The summed E-state index contributed by atoms with van der Waals surface area (Å²) < 4.78 is 0. The van der Waals surface area contributed by atoms with Crippen LogP contribution in [-0.4, -0.2) is 79.5 Å². The number of anilines is 2. The zero-order valence-electron chi connectivity index (χ0n) is 24.2. The third kappa shape index (κ3) is 6.86. The molecule has 4 heterocycles. The van der Waals surface area contributed by atoms with E-state index in [9.17, 15) is 19.2 Å². The van der Waals surface area contributed by atoms with Gasteiger partial charge in [-0.25, -0.2) is 9.97 Å². The van der Waals surface area contributed by atoms with Crippen molar-refractivity contribution in [1.29, 1.82) is 0 Å². The number of hydrogen-bond donors (Lipinski definition) is 4. The molecular formula is C32H34N8O4. The zero-order chi connectivity index (χ0) is 30.5. The molecule has 2 atom stereocenters. The van der Waals surface area contributed by atoms with Crippen LogP contribution in [0, 0.1) is 11.8 Å². The van der Waals surface area contributed by atoms with Gasteiger partial charge in [0.05, 0.1) is 37.3 Å². The van der Waals surface area contributed by atoms with Crippen molar-refractivity contribution in [3.63, 3.8) is 0 Å². The fraction of sp³-hybridized carbons (Fsp3) is 0.312. The van der Waals surface area contributed by atoms with Gasteiger partial charge in [0.2, 0.25) is 23.6 Å². The summed E-state index contributed by atoms with van der Waals surface area (Å²) in [5.74, 6) is -0.725. The van der Waals surface area contributed by atoms with Crippen molar-refractivity contribution in [2.75, 3.05) is 36.8 Å². The third-order valence-electron chi connectivity index (χ3n) is 8.25. The smallest absolute Gasteiger partial charge is 0.229 e. The van der Waals surface area contributed by atoms with E-state index in [-0.39, 0.29) is 48.3 Å². The Morgan fingerprint density at radius 2 is 1.07 bits per heavy atom. The number of aromatic amines is 2. The highest BCUT2D eigenvalue weighted by Crippen LogP contribution is 2.26. The van der Waals surface area contributed by atoms with Crippen LogP contribution in [0.4, 0.5) is 11.4 Å². The second-order valence-corrected chi connectivity index (χ2v) is 11.3. The summed E-state index contributed by atoms with van der Waals surface area (Å²) in [6.45, 7) is 1.93.